The second-order valence-electron chi connectivity index (χ2n) is 20.0. The molecule has 0 amide bonds. The number of phosphoric ester groups is 1. The quantitative estimate of drug-likeness (QED) is 0.0281. The van der Waals surface area contributed by atoms with Crippen LogP contribution in [0.5, 0.6) is 0 Å². The third-order valence-corrected chi connectivity index (χ3v) is 13.4. The van der Waals surface area contributed by atoms with E-state index in [4.69, 9.17) is 18.5 Å². The van der Waals surface area contributed by atoms with Crippen LogP contribution >= 0.6 is 7.82 Å². The lowest BCUT2D eigenvalue weighted by molar-refractivity contribution is -0.870. The zero-order valence-corrected chi connectivity index (χ0v) is 43.3. The molecule has 0 rings (SSSR count). The zero-order chi connectivity index (χ0) is 45.5. The van der Waals surface area contributed by atoms with Crippen molar-refractivity contribution in [1.82, 2.24) is 0 Å². The molecule has 0 bridgehead atoms. The van der Waals surface area contributed by atoms with E-state index < -0.39 is 13.9 Å². The number of carbonyl (C=O) groups excluding carboxylic acids is 1. The Kier molecular flexibility index (Phi) is 46.6. The summed E-state index contributed by atoms with van der Waals surface area (Å²) in [6.45, 7) is 5.71. The van der Waals surface area contributed by atoms with Crippen molar-refractivity contribution in [1.29, 1.82) is 0 Å². The number of carbonyl (C=O) groups is 1. The first-order valence-electron chi connectivity index (χ1n) is 27.3. The van der Waals surface area contributed by atoms with Crippen molar-refractivity contribution < 1.29 is 37.3 Å². The molecule has 0 heterocycles. The third-order valence-electron chi connectivity index (χ3n) is 12.4. The van der Waals surface area contributed by atoms with Gasteiger partial charge in [-0.25, -0.2) is 4.57 Å². The number of rotatable bonds is 52. The van der Waals surface area contributed by atoms with Crippen molar-refractivity contribution in [2.75, 3.05) is 54.1 Å². The number of unbranched alkanes of at least 4 members (excludes halogenated alkanes) is 38. The smallest absolute Gasteiger partial charge is 0.457 e. The number of hydrogen-bond donors (Lipinski definition) is 1. The van der Waals surface area contributed by atoms with Crippen molar-refractivity contribution >= 4 is 13.8 Å². The second-order valence-corrected chi connectivity index (χ2v) is 21.4. The largest absolute Gasteiger partial charge is 0.472 e. The van der Waals surface area contributed by atoms with Crippen LogP contribution in [-0.4, -0.2) is 75.6 Å². The fraction of sp³-hybridized carbons (Fsp3) is 0.981. The van der Waals surface area contributed by atoms with E-state index in [-0.39, 0.29) is 25.8 Å². The topological polar surface area (TPSA) is 91.3 Å². The van der Waals surface area contributed by atoms with Gasteiger partial charge in [0.2, 0.25) is 0 Å². The van der Waals surface area contributed by atoms with Crippen LogP contribution in [0, 0.1) is 0 Å². The lowest BCUT2D eigenvalue weighted by atomic mass is 10.0. The molecule has 2 atom stereocenters. The highest BCUT2D eigenvalue weighted by atomic mass is 31.2. The van der Waals surface area contributed by atoms with Crippen molar-refractivity contribution in [2.45, 2.75) is 283 Å². The predicted octanol–water partition coefficient (Wildman–Crippen LogP) is 16.8. The summed E-state index contributed by atoms with van der Waals surface area (Å²) < 4.78 is 35.2. The van der Waals surface area contributed by atoms with E-state index in [1.807, 2.05) is 21.1 Å². The summed E-state index contributed by atoms with van der Waals surface area (Å²) in [6, 6.07) is 0. The first kappa shape index (κ1) is 61.5. The molecule has 0 aliphatic rings. The maximum absolute atomic E-state index is 12.8. The van der Waals surface area contributed by atoms with Crippen LogP contribution in [0.4, 0.5) is 0 Å². The number of phosphoric acid groups is 1. The standard InChI is InChI=1S/C53H108NO7P/c1-6-8-10-12-14-16-18-20-22-24-26-27-28-29-31-33-35-37-39-41-43-45-48-58-50-52(51-60-62(56,57)59-49-47-54(3,4)5)61-53(55)46-44-42-40-38-36-34-32-30-25-23-21-19-17-15-13-11-9-7-2/h52H,6-51H2,1-5H3/p+1. The summed E-state index contributed by atoms with van der Waals surface area (Å²) >= 11 is 0. The van der Waals surface area contributed by atoms with Crippen molar-refractivity contribution in [3.05, 3.63) is 0 Å². The van der Waals surface area contributed by atoms with E-state index >= 15 is 0 Å². The Balaban J connectivity index is 4.04. The number of ether oxygens (including phenoxy) is 2. The minimum absolute atomic E-state index is 0.0943. The van der Waals surface area contributed by atoms with Gasteiger partial charge in [0.25, 0.3) is 0 Å². The van der Waals surface area contributed by atoms with Crippen LogP contribution in [0.25, 0.3) is 0 Å². The van der Waals surface area contributed by atoms with Gasteiger partial charge in [-0.1, -0.05) is 258 Å². The van der Waals surface area contributed by atoms with Crippen molar-refractivity contribution in [2.24, 2.45) is 0 Å². The maximum atomic E-state index is 12.8. The Labute approximate surface area is 387 Å². The molecule has 1 N–H and O–H groups in total. The third kappa shape index (κ3) is 50.5. The van der Waals surface area contributed by atoms with Gasteiger partial charge in [-0.3, -0.25) is 13.8 Å². The van der Waals surface area contributed by atoms with Gasteiger partial charge in [-0.15, -0.1) is 0 Å². The monoisotopic (exact) mass is 903 g/mol. The Bertz CT molecular complexity index is 961. The summed E-state index contributed by atoms with van der Waals surface area (Å²) in [7, 11) is 1.69. The minimum atomic E-state index is -4.27. The zero-order valence-electron chi connectivity index (χ0n) is 42.4. The van der Waals surface area contributed by atoms with E-state index in [0.29, 0.717) is 24.1 Å². The minimum Gasteiger partial charge on any atom is -0.457 e. The average Bonchev–Trinajstić information content (AvgIpc) is 3.23. The summed E-state index contributed by atoms with van der Waals surface area (Å²) in [5, 5.41) is 0. The van der Waals surface area contributed by atoms with Gasteiger partial charge in [0.1, 0.15) is 19.3 Å². The summed E-state index contributed by atoms with van der Waals surface area (Å²) in [5.41, 5.74) is 0. The molecule has 2 unspecified atom stereocenters. The molecule has 0 spiro atoms. The number of esters is 1. The van der Waals surface area contributed by atoms with Crippen LogP contribution in [0.15, 0.2) is 0 Å². The van der Waals surface area contributed by atoms with Gasteiger partial charge in [0, 0.05) is 13.0 Å². The normalized spacial score (nSPS) is 13.5. The van der Waals surface area contributed by atoms with Gasteiger partial charge in [0.15, 0.2) is 0 Å². The molecular formula is C53H109NO7P+. The van der Waals surface area contributed by atoms with Gasteiger partial charge >= 0.3 is 13.8 Å². The fourth-order valence-electron chi connectivity index (χ4n) is 8.20. The van der Waals surface area contributed by atoms with Crippen molar-refractivity contribution in [3.63, 3.8) is 0 Å². The molecule has 0 aliphatic heterocycles. The molecular weight excluding hydrogens is 794 g/mol. The predicted molar refractivity (Wildman–Crippen MR) is 266 cm³/mol. The molecule has 0 radical (unpaired) electrons. The van der Waals surface area contributed by atoms with E-state index in [9.17, 15) is 14.3 Å². The van der Waals surface area contributed by atoms with Gasteiger partial charge < -0.3 is 18.9 Å². The Hall–Kier alpha value is -0.500. The van der Waals surface area contributed by atoms with E-state index in [2.05, 4.69) is 13.8 Å². The van der Waals surface area contributed by atoms with Crippen LogP contribution in [0.1, 0.15) is 277 Å². The maximum Gasteiger partial charge on any atom is 0.472 e. The highest BCUT2D eigenvalue weighted by Gasteiger charge is 2.26. The van der Waals surface area contributed by atoms with Crippen LogP contribution in [0.3, 0.4) is 0 Å². The lowest BCUT2D eigenvalue weighted by Gasteiger charge is -2.24. The molecule has 9 heteroatoms. The van der Waals surface area contributed by atoms with E-state index in [1.165, 1.54) is 225 Å². The van der Waals surface area contributed by atoms with Gasteiger partial charge in [-0.2, -0.15) is 0 Å². The number of quaternary nitrogens is 1. The molecule has 372 valence electrons. The molecule has 0 aromatic heterocycles. The Morgan fingerprint density at radius 2 is 0.742 bits per heavy atom. The molecule has 62 heavy (non-hydrogen) atoms. The summed E-state index contributed by atoms with van der Waals surface area (Å²) in [5.74, 6) is -0.304. The van der Waals surface area contributed by atoms with Crippen LogP contribution in [0.2, 0.25) is 0 Å². The van der Waals surface area contributed by atoms with Gasteiger partial charge in [-0.05, 0) is 12.8 Å². The molecule has 0 aliphatic carbocycles. The molecule has 0 aromatic rings. The second kappa shape index (κ2) is 47.0. The van der Waals surface area contributed by atoms with E-state index in [0.717, 1.165) is 32.1 Å². The average molecular weight is 903 g/mol. The molecule has 0 fully saturated rings. The van der Waals surface area contributed by atoms with Gasteiger partial charge in [0.05, 0.1) is 34.4 Å². The molecule has 0 saturated carbocycles. The molecule has 0 aromatic carbocycles. The first-order valence-corrected chi connectivity index (χ1v) is 28.8. The Morgan fingerprint density at radius 1 is 0.435 bits per heavy atom. The summed E-state index contributed by atoms with van der Waals surface area (Å²) in [6.07, 6.45) is 53.0. The van der Waals surface area contributed by atoms with E-state index in [1.54, 1.807) is 0 Å². The van der Waals surface area contributed by atoms with Crippen molar-refractivity contribution in [3.8, 4) is 0 Å². The molecule has 0 saturated heterocycles. The SMILES string of the molecule is CCCCCCCCCCCCCCCCCCCCCCCCOCC(COP(=O)(O)OCC[N+](C)(C)C)OC(=O)CCCCCCCCCCCCCCCCCCCC. The summed E-state index contributed by atoms with van der Waals surface area (Å²) in [4.78, 5) is 23.0. The first-order chi connectivity index (χ1) is 30.1. The lowest BCUT2D eigenvalue weighted by Crippen LogP contribution is -2.37. The van der Waals surface area contributed by atoms with Crippen LogP contribution in [-0.2, 0) is 27.9 Å². The van der Waals surface area contributed by atoms with Crippen LogP contribution < -0.4 is 0 Å². The highest BCUT2D eigenvalue weighted by molar-refractivity contribution is 7.47. The highest BCUT2D eigenvalue weighted by Crippen LogP contribution is 2.43. The Morgan fingerprint density at radius 3 is 1.06 bits per heavy atom. The molecule has 8 nitrogen and oxygen atoms in total. The number of nitrogens with zero attached hydrogens (tertiary/aromatic N) is 1. The fourth-order valence-corrected chi connectivity index (χ4v) is 8.95. The number of likely N-dealkylation sites (N-methyl/N-ethyl adjacent to an activating group) is 1. The number of hydrogen-bond acceptors (Lipinski definition) is 6.